The molecule has 0 spiro atoms. The van der Waals surface area contributed by atoms with E-state index in [0.717, 1.165) is 5.56 Å². The second-order valence-corrected chi connectivity index (χ2v) is 4.42. The molecule has 0 saturated heterocycles. The molecule has 0 fully saturated rings. The molecule has 2 rings (SSSR count). The highest BCUT2D eigenvalue weighted by atomic mass is 35.5. The lowest BCUT2D eigenvalue weighted by Gasteiger charge is -2.05. The fourth-order valence-electron chi connectivity index (χ4n) is 1.58. The maximum absolute atomic E-state index is 10.6. The van der Waals surface area contributed by atoms with Crippen molar-refractivity contribution in [2.45, 2.75) is 13.1 Å². The zero-order valence-electron chi connectivity index (χ0n) is 10.1. The van der Waals surface area contributed by atoms with Crippen molar-refractivity contribution in [2.75, 3.05) is 6.54 Å². The molecule has 19 heavy (non-hydrogen) atoms. The van der Waals surface area contributed by atoms with Gasteiger partial charge >= 0.3 is 5.97 Å². The van der Waals surface area contributed by atoms with Gasteiger partial charge in [0.2, 0.25) is 0 Å². The molecule has 2 aromatic rings. The summed E-state index contributed by atoms with van der Waals surface area (Å²) in [6.07, 6.45) is 1.41. The average molecular weight is 281 g/mol. The van der Waals surface area contributed by atoms with Crippen LogP contribution in [0, 0.1) is 0 Å². The van der Waals surface area contributed by atoms with Crippen LogP contribution in [0.25, 0.3) is 0 Å². The molecule has 100 valence electrons. The summed E-state index contributed by atoms with van der Waals surface area (Å²) < 4.78 is 1.49. The number of rotatable bonds is 6. The largest absolute Gasteiger partial charge is 0.476 e. The Bertz CT molecular complexity index is 570. The fraction of sp³-hybridized carbons (Fsp3) is 0.250. The van der Waals surface area contributed by atoms with E-state index < -0.39 is 5.97 Å². The topological polar surface area (TPSA) is 80.0 Å². The predicted molar refractivity (Wildman–Crippen MR) is 70.1 cm³/mol. The number of nitrogens with zero attached hydrogens (tertiary/aromatic N) is 3. The summed E-state index contributed by atoms with van der Waals surface area (Å²) in [5.41, 5.74) is 1.05. The second-order valence-electron chi connectivity index (χ2n) is 3.98. The lowest BCUT2D eigenvalue weighted by atomic mass is 10.2. The van der Waals surface area contributed by atoms with E-state index in [-0.39, 0.29) is 5.69 Å². The minimum absolute atomic E-state index is 0.0464. The molecule has 0 aliphatic heterocycles. The lowest BCUT2D eigenvalue weighted by molar-refractivity contribution is 0.0690. The number of carboxylic acids is 1. The van der Waals surface area contributed by atoms with Crippen LogP contribution in [0.15, 0.2) is 30.5 Å². The summed E-state index contributed by atoms with van der Waals surface area (Å²) in [4.78, 5) is 10.6. The third kappa shape index (κ3) is 4.04. The Kier molecular flexibility index (Phi) is 4.48. The lowest BCUT2D eigenvalue weighted by Crippen LogP contribution is -2.19. The van der Waals surface area contributed by atoms with Gasteiger partial charge in [0, 0.05) is 18.1 Å². The van der Waals surface area contributed by atoms with E-state index in [0.29, 0.717) is 24.7 Å². The van der Waals surface area contributed by atoms with E-state index in [1.54, 1.807) is 0 Å². The minimum Gasteiger partial charge on any atom is -0.476 e. The second kappa shape index (κ2) is 6.31. The van der Waals surface area contributed by atoms with Crippen molar-refractivity contribution in [1.29, 1.82) is 0 Å². The van der Waals surface area contributed by atoms with Crippen LogP contribution in [-0.4, -0.2) is 32.6 Å². The summed E-state index contributed by atoms with van der Waals surface area (Å²) >= 11 is 5.88. The molecule has 0 radical (unpaired) electrons. The Morgan fingerprint density at radius 1 is 1.47 bits per heavy atom. The molecule has 0 aliphatic rings. The van der Waals surface area contributed by atoms with E-state index in [1.165, 1.54) is 10.9 Å². The summed E-state index contributed by atoms with van der Waals surface area (Å²) in [5, 5.41) is 19.9. The molecule has 1 aromatic carbocycles. The Hall–Kier alpha value is -1.92. The molecule has 1 aromatic heterocycles. The quantitative estimate of drug-likeness (QED) is 0.782. The zero-order chi connectivity index (χ0) is 13.7. The van der Waals surface area contributed by atoms with E-state index in [4.69, 9.17) is 16.7 Å². The highest BCUT2D eigenvalue weighted by Crippen LogP contribution is 2.10. The van der Waals surface area contributed by atoms with Gasteiger partial charge in [-0.2, -0.15) is 0 Å². The smallest absolute Gasteiger partial charge is 0.358 e. The van der Waals surface area contributed by atoms with Crippen LogP contribution in [0.3, 0.4) is 0 Å². The van der Waals surface area contributed by atoms with Crippen LogP contribution >= 0.6 is 11.6 Å². The standard InChI is InChI=1S/C12H13ClN4O2/c13-10-3-1-2-9(6-10)7-14-4-5-17-8-11(12(18)19)15-16-17/h1-3,6,8,14H,4-5,7H2,(H,18,19). The molecule has 6 nitrogen and oxygen atoms in total. The Morgan fingerprint density at radius 3 is 3.00 bits per heavy atom. The van der Waals surface area contributed by atoms with Crippen molar-refractivity contribution in [3.8, 4) is 0 Å². The minimum atomic E-state index is -1.07. The molecule has 0 saturated carbocycles. The molecule has 2 N–H and O–H groups in total. The van der Waals surface area contributed by atoms with Crippen molar-refractivity contribution in [3.63, 3.8) is 0 Å². The first-order valence-electron chi connectivity index (χ1n) is 5.74. The highest BCUT2D eigenvalue weighted by Gasteiger charge is 2.07. The van der Waals surface area contributed by atoms with Crippen molar-refractivity contribution < 1.29 is 9.90 Å². The van der Waals surface area contributed by atoms with E-state index in [9.17, 15) is 4.79 Å². The van der Waals surface area contributed by atoms with Crippen molar-refractivity contribution in [1.82, 2.24) is 20.3 Å². The number of hydrogen-bond acceptors (Lipinski definition) is 4. The monoisotopic (exact) mass is 280 g/mol. The van der Waals surface area contributed by atoms with Gasteiger partial charge in [-0.3, -0.25) is 4.68 Å². The highest BCUT2D eigenvalue weighted by molar-refractivity contribution is 6.30. The SMILES string of the molecule is O=C(O)c1cn(CCNCc2cccc(Cl)c2)nn1. The first kappa shape index (κ1) is 13.5. The first-order chi connectivity index (χ1) is 9.15. The number of benzene rings is 1. The van der Waals surface area contributed by atoms with Crippen LogP contribution < -0.4 is 5.32 Å². The maximum atomic E-state index is 10.6. The molecule has 0 amide bonds. The number of aromatic nitrogens is 3. The van der Waals surface area contributed by atoms with Crippen molar-refractivity contribution in [3.05, 3.63) is 46.7 Å². The molecule has 0 aliphatic carbocycles. The van der Waals surface area contributed by atoms with Crippen LogP contribution in [0.2, 0.25) is 5.02 Å². The van der Waals surface area contributed by atoms with Crippen molar-refractivity contribution in [2.24, 2.45) is 0 Å². The normalized spacial score (nSPS) is 10.6. The number of carbonyl (C=O) groups is 1. The third-order valence-corrected chi connectivity index (χ3v) is 2.73. The molecular formula is C12H13ClN4O2. The number of aromatic carboxylic acids is 1. The van der Waals surface area contributed by atoms with Crippen LogP contribution in [-0.2, 0) is 13.1 Å². The number of carboxylic acid groups (broad SMARTS) is 1. The maximum Gasteiger partial charge on any atom is 0.358 e. The number of halogens is 1. The Balaban J connectivity index is 1.76. The Labute approximate surface area is 115 Å². The summed E-state index contributed by atoms with van der Waals surface area (Å²) in [6, 6.07) is 7.60. The van der Waals surface area contributed by atoms with Gasteiger partial charge in [-0.05, 0) is 17.7 Å². The van der Waals surface area contributed by atoms with Crippen LogP contribution in [0.1, 0.15) is 16.1 Å². The fourth-order valence-corrected chi connectivity index (χ4v) is 1.79. The molecular weight excluding hydrogens is 268 g/mol. The molecule has 0 unspecified atom stereocenters. The molecule has 7 heteroatoms. The predicted octanol–water partition coefficient (Wildman–Crippen LogP) is 1.42. The van der Waals surface area contributed by atoms with E-state index in [2.05, 4.69) is 15.6 Å². The van der Waals surface area contributed by atoms with E-state index in [1.807, 2.05) is 24.3 Å². The van der Waals surface area contributed by atoms with Gasteiger partial charge in [-0.25, -0.2) is 4.79 Å². The van der Waals surface area contributed by atoms with Gasteiger partial charge in [-0.15, -0.1) is 5.10 Å². The summed E-state index contributed by atoms with van der Waals surface area (Å²) in [5.74, 6) is -1.07. The third-order valence-electron chi connectivity index (χ3n) is 2.49. The van der Waals surface area contributed by atoms with Crippen molar-refractivity contribution >= 4 is 17.6 Å². The van der Waals surface area contributed by atoms with Gasteiger partial charge in [0.15, 0.2) is 5.69 Å². The van der Waals surface area contributed by atoms with Crippen LogP contribution in [0.5, 0.6) is 0 Å². The van der Waals surface area contributed by atoms with Crippen LogP contribution in [0.4, 0.5) is 0 Å². The Morgan fingerprint density at radius 2 is 2.32 bits per heavy atom. The first-order valence-corrected chi connectivity index (χ1v) is 6.11. The summed E-state index contributed by atoms with van der Waals surface area (Å²) in [6.45, 7) is 1.91. The van der Waals surface area contributed by atoms with Gasteiger partial charge in [0.1, 0.15) is 0 Å². The number of hydrogen-bond donors (Lipinski definition) is 2. The molecule has 0 atom stereocenters. The molecule has 0 bridgehead atoms. The van der Waals surface area contributed by atoms with Gasteiger partial charge in [0.25, 0.3) is 0 Å². The number of nitrogens with one attached hydrogen (secondary N) is 1. The zero-order valence-corrected chi connectivity index (χ0v) is 10.8. The average Bonchev–Trinajstić information content (AvgIpc) is 2.84. The van der Waals surface area contributed by atoms with Gasteiger partial charge in [0.05, 0.1) is 12.7 Å². The molecule has 1 heterocycles. The van der Waals surface area contributed by atoms with E-state index >= 15 is 0 Å². The summed E-state index contributed by atoms with van der Waals surface area (Å²) in [7, 11) is 0. The van der Waals surface area contributed by atoms with Gasteiger partial charge in [-0.1, -0.05) is 28.9 Å². The van der Waals surface area contributed by atoms with Gasteiger partial charge < -0.3 is 10.4 Å².